The van der Waals surface area contributed by atoms with Crippen LogP contribution >= 0.6 is 0 Å². The number of hydrogen-bond donors (Lipinski definition) is 2. The second-order valence-electron chi connectivity index (χ2n) is 9.94. The monoisotopic (exact) mass is 458 g/mol. The Morgan fingerprint density at radius 2 is 1.00 bits per heavy atom. The molecule has 2 heterocycles. The molecule has 2 N–H and O–H groups in total. The molecule has 2 aliphatic rings. The van der Waals surface area contributed by atoms with Gasteiger partial charge in [-0.2, -0.15) is 0 Å². The van der Waals surface area contributed by atoms with Crippen LogP contribution < -0.4 is 10.6 Å². The van der Waals surface area contributed by atoms with Crippen LogP contribution in [0.25, 0.3) is 22.1 Å². The quantitative estimate of drug-likeness (QED) is 0.417. The zero-order chi connectivity index (χ0) is 22.7. The van der Waals surface area contributed by atoms with Crippen LogP contribution in [0.4, 0.5) is 0 Å². The molecule has 2 fully saturated rings. The highest BCUT2D eigenvalue weighted by molar-refractivity contribution is 5.75. The number of para-hydroxylation sites is 2. The molecule has 8 heteroatoms. The Balaban J connectivity index is 1.45. The summed E-state index contributed by atoms with van der Waals surface area (Å²) in [6, 6.07) is 17.4. The summed E-state index contributed by atoms with van der Waals surface area (Å²) in [5, 5.41) is 26.4. The summed E-state index contributed by atoms with van der Waals surface area (Å²) >= 11 is 0. The molecule has 0 amide bonds. The van der Waals surface area contributed by atoms with E-state index in [-0.39, 0.29) is 12.3 Å². The first-order chi connectivity index (χ1) is 16.9. The lowest BCUT2D eigenvalue weighted by atomic mass is 9.94. The van der Waals surface area contributed by atoms with Gasteiger partial charge < -0.3 is 0 Å². The van der Waals surface area contributed by atoms with Crippen LogP contribution in [0, 0.1) is 0 Å². The highest BCUT2D eigenvalue weighted by atomic mass is 15.5. The normalized spacial score (nSPS) is 20.1. The average molecular weight is 459 g/mol. The van der Waals surface area contributed by atoms with E-state index in [0.717, 1.165) is 22.1 Å². The molecule has 0 aliphatic heterocycles. The third-order valence-electron chi connectivity index (χ3n) is 7.60. The van der Waals surface area contributed by atoms with E-state index in [0.29, 0.717) is 12.1 Å². The minimum Gasteiger partial charge on any atom is -0.290 e. The van der Waals surface area contributed by atoms with Crippen LogP contribution in [0.15, 0.2) is 48.5 Å². The zero-order valence-corrected chi connectivity index (χ0v) is 19.7. The van der Waals surface area contributed by atoms with Crippen LogP contribution in [0.5, 0.6) is 0 Å². The first-order valence-electron chi connectivity index (χ1n) is 13.0. The molecule has 2 unspecified atom stereocenters. The largest absolute Gasteiger partial charge is 0.290 e. The Morgan fingerprint density at radius 1 is 0.588 bits per heavy atom. The van der Waals surface area contributed by atoms with Gasteiger partial charge in [0, 0.05) is 12.1 Å². The van der Waals surface area contributed by atoms with Crippen LogP contribution in [0.1, 0.15) is 76.5 Å². The molecule has 178 valence electrons. The molecule has 8 nitrogen and oxygen atoms in total. The Kier molecular flexibility index (Phi) is 6.25. The number of benzene rings is 2. The first-order valence-corrected chi connectivity index (χ1v) is 13.0. The molecule has 2 saturated carbocycles. The lowest BCUT2D eigenvalue weighted by Crippen LogP contribution is -2.49. The second-order valence-corrected chi connectivity index (χ2v) is 9.94. The fourth-order valence-corrected chi connectivity index (χ4v) is 5.80. The molecular weight excluding hydrogens is 424 g/mol. The number of hydrogen-bond acceptors (Lipinski definition) is 6. The summed E-state index contributed by atoms with van der Waals surface area (Å²) in [5.74, 6) is 0. The maximum absolute atomic E-state index is 4.67. The maximum Gasteiger partial charge on any atom is 0.140 e. The van der Waals surface area contributed by atoms with Crippen molar-refractivity contribution in [2.45, 2.75) is 88.6 Å². The number of fused-ring (bicyclic) bond motifs is 2. The van der Waals surface area contributed by atoms with Crippen molar-refractivity contribution in [3.63, 3.8) is 0 Å². The molecule has 2 aromatic heterocycles. The van der Waals surface area contributed by atoms with Gasteiger partial charge in [-0.3, -0.25) is 10.6 Å². The Labute approximate surface area is 200 Å². The summed E-state index contributed by atoms with van der Waals surface area (Å²) < 4.78 is 4.14. The van der Waals surface area contributed by atoms with Crippen LogP contribution in [0.3, 0.4) is 0 Å². The molecule has 0 radical (unpaired) electrons. The van der Waals surface area contributed by atoms with E-state index in [9.17, 15) is 0 Å². The van der Waals surface area contributed by atoms with E-state index < -0.39 is 0 Å². The van der Waals surface area contributed by atoms with Gasteiger partial charge in [-0.25, -0.2) is 9.36 Å². The van der Waals surface area contributed by atoms with E-state index in [1.54, 1.807) is 0 Å². The van der Waals surface area contributed by atoms with E-state index in [4.69, 9.17) is 0 Å². The molecule has 6 rings (SSSR count). The first kappa shape index (κ1) is 21.7. The van der Waals surface area contributed by atoms with Gasteiger partial charge in [0.2, 0.25) is 0 Å². The standard InChI is InChI=1S/C26H34N8/c1-3-11-19(12-4-1)27-25(33-23-17-9-7-15-21(23)29-31-33)26(28-20-13-5-2-6-14-20)34-24-18-10-8-16-22(24)30-32-34/h7-10,15-20,25-28H,1-6,11-14H2. The predicted octanol–water partition coefficient (Wildman–Crippen LogP) is 4.72. The summed E-state index contributed by atoms with van der Waals surface area (Å²) in [5.41, 5.74) is 3.90. The smallest absolute Gasteiger partial charge is 0.140 e. The SMILES string of the molecule is c1ccc2c(c1)nnn2C(NC1CCCCC1)C(NC1CCCCC1)n1nnc2ccccc21. The molecule has 2 atom stereocenters. The number of nitrogens with zero attached hydrogens (tertiary/aromatic N) is 6. The van der Waals surface area contributed by atoms with Gasteiger partial charge in [0.1, 0.15) is 23.4 Å². The van der Waals surface area contributed by atoms with Crippen molar-refractivity contribution in [3.8, 4) is 0 Å². The molecule has 2 aromatic carbocycles. The Morgan fingerprint density at radius 3 is 1.44 bits per heavy atom. The van der Waals surface area contributed by atoms with Crippen molar-refractivity contribution in [3.05, 3.63) is 48.5 Å². The molecule has 0 bridgehead atoms. The van der Waals surface area contributed by atoms with Crippen LogP contribution in [0.2, 0.25) is 0 Å². The van der Waals surface area contributed by atoms with Gasteiger partial charge in [-0.05, 0) is 49.9 Å². The minimum absolute atomic E-state index is 0.137. The van der Waals surface area contributed by atoms with Crippen molar-refractivity contribution in [2.24, 2.45) is 0 Å². The van der Waals surface area contributed by atoms with Crippen LogP contribution in [-0.4, -0.2) is 42.1 Å². The lowest BCUT2D eigenvalue weighted by Gasteiger charge is -2.37. The van der Waals surface area contributed by atoms with Gasteiger partial charge >= 0.3 is 0 Å². The number of rotatable bonds is 7. The number of nitrogens with one attached hydrogen (secondary N) is 2. The Hall–Kier alpha value is -2.84. The highest BCUT2D eigenvalue weighted by Crippen LogP contribution is 2.30. The zero-order valence-electron chi connectivity index (χ0n) is 19.7. The third-order valence-corrected chi connectivity index (χ3v) is 7.60. The van der Waals surface area contributed by atoms with Gasteiger partial charge in [0.25, 0.3) is 0 Å². The summed E-state index contributed by atoms with van der Waals surface area (Å²) in [7, 11) is 0. The fourth-order valence-electron chi connectivity index (χ4n) is 5.80. The topological polar surface area (TPSA) is 85.5 Å². The molecule has 4 aromatic rings. The minimum atomic E-state index is -0.137. The van der Waals surface area contributed by atoms with E-state index in [2.05, 4.69) is 64.9 Å². The van der Waals surface area contributed by atoms with E-state index >= 15 is 0 Å². The van der Waals surface area contributed by atoms with Crippen molar-refractivity contribution in [2.75, 3.05) is 0 Å². The second kappa shape index (κ2) is 9.80. The predicted molar refractivity (Wildman–Crippen MR) is 133 cm³/mol. The molecule has 0 saturated heterocycles. The van der Waals surface area contributed by atoms with Gasteiger partial charge in [0.15, 0.2) is 0 Å². The fraction of sp³-hybridized carbons (Fsp3) is 0.538. The van der Waals surface area contributed by atoms with E-state index in [1.807, 2.05) is 24.3 Å². The van der Waals surface area contributed by atoms with Crippen LogP contribution in [-0.2, 0) is 0 Å². The van der Waals surface area contributed by atoms with E-state index in [1.165, 1.54) is 64.2 Å². The molecule has 34 heavy (non-hydrogen) atoms. The van der Waals surface area contributed by atoms with Crippen molar-refractivity contribution in [1.29, 1.82) is 0 Å². The van der Waals surface area contributed by atoms with Gasteiger partial charge in [-0.15, -0.1) is 10.2 Å². The van der Waals surface area contributed by atoms with Crippen molar-refractivity contribution >= 4 is 22.1 Å². The summed E-state index contributed by atoms with van der Waals surface area (Å²) in [6.07, 6.45) is 12.2. The van der Waals surface area contributed by atoms with Gasteiger partial charge in [-0.1, -0.05) is 73.2 Å². The molecule has 0 spiro atoms. The third kappa shape index (κ3) is 4.32. The summed E-state index contributed by atoms with van der Waals surface area (Å²) in [6.45, 7) is 0. The Bertz CT molecular complexity index is 1120. The lowest BCUT2D eigenvalue weighted by molar-refractivity contribution is 0.151. The average Bonchev–Trinajstić information content (AvgIpc) is 3.52. The van der Waals surface area contributed by atoms with Gasteiger partial charge in [0.05, 0.1) is 11.0 Å². The molecule has 2 aliphatic carbocycles. The number of aromatic nitrogens is 6. The van der Waals surface area contributed by atoms with Crippen molar-refractivity contribution < 1.29 is 0 Å². The van der Waals surface area contributed by atoms with Crippen molar-refractivity contribution in [1.82, 2.24) is 40.6 Å². The maximum atomic E-state index is 4.67. The molecular formula is C26H34N8. The highest BCUT2D eigenvalue weighted by Gasteiger charge is 2.33. The summed E-state index contributed by atoms with van der Waals surface area (Å²) in [4.78, 5) is 0.